The molecule has 0 aliphatic heterocycles. The van der Waals surface area contributed by atoms with E-state index in [1.54, 1.807) is 182 Å². The molecule has 61 heavy (non-hydrogen) atoms. The molecule has 308 valence electrons. The van der Waals surface area contributed by atoms with Crippen LogP contribution in [0.2, 0.25) is 0 Å². The average molecular weight is 855 g/mol. The maximum atomic E-state index is 12.4. The van der Waals surface area contributed by atoms with Crippen LogP contribution in [0.5, 0.6) is 0 Å². The third-order valence-corrected chi connectivity index (χ3v) is 9.14. The minimum absolute atomic E-state index is 0. The van der Waals surface area contributed by atoms with Gasteiger partial charge in [0.15, 0.2) is 34.7 Å². The maximum Gasteiger partial charge on any atom is 0.181 e. The molecule has 0 saturated carbocycles. The zero-order valence-electron chi connectivity index (χ0n) is 33.6. The van der Waals surface area contributed by atoms with Crippen molar-refractivity contribution in [2.45, 2.75) is 20.8 Å². The number of carbonyl (C=O) groups is 9. The van der Waals surface area contributed by atoms with Gasteiger partial charge >= 0.3 is 0 Å². The fraction of sp³-hybridized carbons (Fsp3) is 0.118. The van der Waals surface area contributed by atoms with E-state index in [1.165, 1.54) is 20.8 Å². The second-order valence-corrected chi connectivity index (χ2v) is 13.5. The number of benzene rings is 6. The fourth-order valence-corrected chi connectivity index (χ4v) is 6.08. The smallest absolute Gasteiger partial charge is 0.181 e. The molecular formula is C51H42FeO9. The molecule has 0 fully saturated rings. The summed E-state index contributed by atoms with van der Waals surface area (Å²) in [4.78, 5) is 109. The summed E-state index contributed by atoms with van der Waals surface area (Å²) in [6, 6.07) is 50.4. The van der Waals surface area contributed by atoms with Crippen molar-refractivity contribution in [1.29, 1.82) is 0 Å². The van der Waals surface area contributed by atoms with Crippen molar-refractivity contribution < 1.29 is 60.2 Å². The SMILES string of the molecule is CC(=O)C(C(=O)c1ccccc1)C(=O)c1ccccc1.CC(=O)C(C(=O)c1ccccc1)C(=O)c1ccccc1.CC(=O)C(C(=O)c1ccccc1)C(=O)c1ccccc1.[Fe]. The van der Waals surface area contributed by atoms with Gasteiger partial charge in [0, 0.05) is 50.4 Å². The van der Waals surface area contributed by atoms with Gasteiger partial charge in [-0.25, -0.2) is 0 Å². The van der Waals surface area contributed by atoms with Crippen LogP contribution < -0.4 is 0 Å². The van der Waals surface area contributed by atoms with Crippen LogP contribution in [-0.4, -0.2) is 52.0 Å². The van der Waals surface area contributed by atoms with Gasteiger partial charge in [0.1, 0.15) is 35.1 Å². The Balaban J connectivity index is 0.000000242. The van der Waals surface area contributed by atoms with E-state index in [0.717, 1.165) is 0 Å². The third-order valence-electron chi connectivity index (χ3n) is 9.14. The summed E-state index contributed by atoms with van der Waals surface area (Å²) in [5.41, 5.74) is 2.23. The van der Waals surface area contributed by atoms with E-state index in [-0.39, 0.29) is 17.1 Å². The predicted molar refractivity (Wildman–Crippen MR) is 227 cm³/mol. The van der Waals surface area contributed by atoms with Crippen molar-refractivity contribution in [2.75, 3.05) is 0 Å². The van der Waals surface area contributed by atoms with Gasteiger partial charge in [0.25, 0.3) is 0 Å². The van der Waals surface area contributed by atoms with Crippen LogP contribution in [-0.2, 0) is 31.5 Å². The number of carbonyl (C=O) groups excluding carboxylic acids is 9. The second-order valence-electron chi connectivity index (χ2n) is 13.5. The Labute approximate surface area is 364 Å². The standard InChI is InChI=1S/3C17H14O3.Fe/c3*1-12(18)15(16(19)13-8-4-2-5-9-13)17(20)14-10-6-3-7-11-14;/h3*2-11,15H,1H3;. The van der Waals surface area contributed by atoms with Crippen LogP contribution in [0.15, 0.2) is 182 Å². The summed E-state index contributed by atoms with van der Waals surface area (Å²) in [5, 5.41) is 0. The molecule has 10 heteroatoms. The first-order valence-corrected chi connectivity index (χ1v) is 18.9. The van der Waals surface area contributed by atoms with Crippen molar-refractivity contribution in [3.05, 3.63) is 215 Å². The average Bonchev–Trinajstić information content (AvgIpc) is 3.28. The molecule has 0 unspecified atom stereocenters. The number of ketones is 9. The van der Waals surface area contributed by atoms with E-state index >= 15 is 0 Å². The Bertz CT molecular complexity index is 2020. The molecule has 0 bridgehead atoms. The van der Waals surface area contributed by atoms with Crippen LogP contribution in [0, 0.1) is 17.8 Å². The topological polar surface area (TPSA) is 154 Å². The quantitative estimate of drug-likeness (QED) is 0.0560. The zero-order chi connectivity index (χ0) is 43.6. The van der Waals surface area contributed by atoms with Crippen LogP contribution >= 0.6 is 0 Å². The minimum atomic E-state index is -1.26. The molecule has 0 aliphatic rings. The van der Waals surface area contributed by atoms with Crippen LogP contribution in [0.1, 0.15) is 82.9 Å². The first kappa shape index (κ1) is 48.2. The minimum Gasteiger partial charge on any atom is -0.299 e. The third kappa shape index (κ3) is 13.4. The Morgan fingerprint density at radius 1 is 0.246 bits per heavy atom. The molecule has 0 aromatic heterocycles. The molecule has 0 amide bonds. The number of rotatable bonds is 15. The van der Waals surface area contributed by atoms with Crippen LogP contribution in [0.3, 0.4) is 0 Å². The first-order chi connectivity index (χ1) is 28.8. The van der Waals surface area contributed by atoms with E-state index in [9.17, 15) is 43.2 Å². The number of Topliss-reactive ketones (excluding diaryl/α,β-unsaturated/α-hetero) is 9. The van der Waals surface area contributed by atoms with Crippen molar-refractivity contribution >= 4 is 52.0 Å². The van der Waals surface area contributed by atoms with Crippen molar-refractivity contribution in [1.82, 2.24) is 0 Å². The Morgan fingerprint density at radius 2 is 0.361 bits per heavy atom. The monoisotopic (exact) mass is 854 g/mol. The maximum absolute atomic E-state index is 12.4. The van der Waals surface area contributed by atoms with Crippen molar-refractivity contribution in [2.24, 2.45) is 17.8 Å². The first-order valence-electron chi connectivity index (χ1n) is 18.9. The van der Waals surface area contributed by atoms with Gasteiger partial charge in [-0.15, -0.1) is 0 Å². The predicted octanol–water partition coefficient (Wildman–Crippen LogP) is 8.87. The Hall–Kier alpha value is -7.13. The molecule has 0 atom stereocenters. The summed E-state index contributed by atoms with van der Waals surface area (Å²) < 4.78 is 0. The molecule has 6 aromatic rings. The zero-order valence-corrected chi connectivity index (χ0v) is 34.7. The van der Waals surface area contributed by atoms with E-state index in [0.29, 0.717) is 33.4 Å². The molecule has 0 saturated heterocycles. The normalized spacial score (nSPS) is 10.1. The van der Waals surface area contributed by atoms with Gasteiger partial charge in [-0.3, -0.25) is 43.2 Å². The molecule has 9 nitrogen and oxygen atoms in total. The van der Waals surface area contributed by atoms with Crippen molar-refractivity contribution in [3.8, 4) is 0 Å². The van der Waals surface area contributed by atoms with Gasteiger partial charge in [0.05, 0.1) is 0 Å². The molecule has 0 spiro atoms. The van der Waals surface area contributed by atoms with E-state index in [2.05, 4.69) is 0 Å². The van der Waals surface area contributed by atoms with Gasteiger partial charge in [-0.1, -0.05) is 182 Å². The van der Waals surface area contributed by atoms with Crippen LogP contribution in [0.4, 0.5) is 0 Å². The fourth-order valence-electron chi connectivity index (χ4n) is 6.08. The molecule has 0 radical (unpaired) electrons. The van der Waals surface area contributed by atoms with Crippen LogP contribution in [0.25, 0.3) is 0 Å². The summed E-state index contributed by atoms with van der Waals surface area (Å²) in [6.07, 6.45) is 0. The van der Waals surface area contributed by atoms with E-state index < -0.39 is 69.8 Å². The molecule has 6 aromatic carbocycles. The number of hydrogen-bond acceptors (Lipinski definition) is 9. The Morgan fingerprint density at radius 3 is 0.459 bits per heavy atom. The van der Waals surface area contributed by atoms with Crippen molar-refractivity contribution in [3.63, 3.8) is 0 Å². The molecular weight excluding hydrogens is 812 g/mol. The van der Waals surface area contributed by atoms with Gasteiger partial charge < -0.3 is 0 Å². The second kappa shape index (κ2) is 24.1. The summed E-state index contributed by atoms with van der Waals surface area (Å²) in [5.74, 6) is -7.82. The summed E-state index contributed by atoms with van der Waals surface area (Å²) >= 11 is 0. The molecule has 0 aliphatic carbocycles. The van der Waals surface area contributed by atoms with Gasteiger partial charge in [-0.05, 0) is 20.8 Å². The number of hydrogen-bond donors (Lipinski definition) is 0. The molecule has 6 rings (SSSR count). The van der Waals surface area contributed by atoms with Gasteiger partial charge in [0.2, 0.25) is 0 Å². The summed E-state index contributed by atoms with van der Waals surface area (Å²) in [7, 11) is 0. The largest absolute Gasteiger partial charge is 0.299 e. The Kier molecular flexibility index (Phi) is 19.0. The summed E-state index contributed by atoms with van der Waals surface area (Å²) in [6.45, 7) is 3.81. The molecule has 0 heterocycles. The van der Waals surface area contributed by atoms with E-state index in [1.807, 2.05) is 0 Å². The van der Waals surface area contributed by atoms with Gasteiger partial charge in [-0.2, -0.15) is 0 Å². The van der Waals surface area contributed by atoms with E-state index in [4.69, 9.17) is 0 Å². The molecule has 0 N–H and O–H groups in total.